The molecule has 0 bridgehead atoms. The summed E-state index contributed by atoms with van der Waals surface area (Å²) in [6.07, 6.45) is -9.08. The van der Waals surface area contributed by atoms with E-state index < -0.39 is 35.3 Å². The van der Waals surface area contributed by atoms with Crippen molar-refractivity contribution in [3.05, 3.63) is 126 Å². The first-order valence-electron chi connectivity index (χ1n) is 15.2. The summed E-state index contributed by atoms with van der Waals surface area (Å²) in [7, 11) is 0. The fraction of sp³-hybridized carbons (Fsp3) is 0.0857. The summed E-state index contributed by atoms with van der Waals surface area (Å²) in [5.41, 5.74) is 10.0. The molecule has 8 N–H and O–H groups in total. The Bertz CT molecular complexity index is 2370. The third kappa shape index (κ3) is 11.6. The van der Waals surface area contributed by atoms with E-state index >= 15 is 0 Å². The van der Waals surface area contributed by atoms with E-state index in [9.17, 15) is 35.9 Å². The summed E-state index contributed by atoms with van der Waals surface area (Å²) in [4.78, 5) is 32.9. The van der Waals surface area contributed by atoms with Crippen LogP contribution in [0.5, 0.6) is 0 Å². The first-order valence-corrected chi connectivity index (χ1v) is 18.5. The third-order valence-electron chi connectivity index (χ3n) is 7.12. The number of anilines is 8. The van der Waals surface area contributed by atoms with Crippen LogP contribution in [0.25, 0.3) is 0 Å². The number of nitrogens with one attached hydrogen (secondary N) is 4. The normalized spacial score (nSPS) is 11.1. The van der Waals surface area contributed by atoms with E-state index in [1.165, 1.54) is 10.8 Å². The molecule has 0 fully saturated rings. The highest BCUT2D eigenvalue weighted by atomic mass is 35.5. The first kappa shape index (κ1) is 44.7. The molecule has 4 aromatic carbocycles. The number of hydrogen-bond acceptors (Lipinski definition) is 10. The number of carbonyl (C=O) groups excluding carboxylic acids is 2. The fourth-order valence-corrected chi connectivity index (χ4v) is 6.76. The predicted molar refractivity (Wildman–Crippen MR) is 218 cm³/mol. The lowest BCUT2D eigenvalue weighted by molar-refractivity contribution is -0.138. The monoisotopic (exact) mass is 908 g/mol. The van der Waals surface area contributed by atoms with Gasteiger partial charge in [0.2, 0.25) is 0 Å². The van der Waals surface area contributed by atoms with Gasteiger partial charge in [-0.15, -0.1) is 22.7 Å². The average molecular weight is 911 g/mol. The van der Waals surface area contributed by atoms with E-state index in [2.05, 4.69) is 31.2 Å². The second-order valence-corrected chi connectivity index (χ2v) is 14.4. The van der Waals surface area contributed by atoms with E-state index in [0.717, 1.165) is 59.1 Å². The van der Waals surface area contributed by atoms with E-state index in [4.69, 9.17) is 57.9 Å². The van der Waals surface area contributed by atoms with Gasteiger partial charge in [-0.05, 0) is 60.7 Å². The Balaban J connectivity index is 0.000000248. The Morgan fingerprint density at radius 3 is 1.40 bits per heavy atom. The molecule has 0 atom stereocenters. The Hall–Kier alpha value is -4.98. The molecule has 0 radical (unpaired) electrons. The molecule has 0 unspecified atom stereocenters. The number of alkyl halides is 6. The SMILES string of the molecule is C.Nc1cc(C(F)(F)F)ccc1NC(=O)c1csc(Nc2c(Cl)cccc2Cl)n1.Nc1ccc(C(F)(F)F)cc1NC(=O)c1csc(Nc2c(Cl)cccc2Cl)n1. The van der Waals surface area contributed by atoms with Crippen LogP contribution < -0.4 is 32.7 Å². The van der Waals surface area contributed by atoms with Crippen LogP contribution in [0.4, 0.5) is 70.7 Å². The van der Waals surface area contributed by atoms with Gasteiger partial charge in [-0.25, -0.2) is 9.97 Å². The second kappa shape index (κ2) is 18.5. The minimum absolute atomic E-state index is 0. The van der Waals surface area contributed by atoms with Gasteiger partial charge in [0.15, 0.2) is 10.3 Å². The molecular weight excluding hydrogens is 884 g/mol. The number of hydrogen-bond donors (Lipinski definition) is 6. The summed E-state index contributed by atoms with van der Waals surface area (Å²) in [5.74, 6) is -1.33. The Morgan fingerprint density at radius 2 is 0.982 bits per heavy atom. The lowest BCUT2D eigenvalue weighted by atomic mass is 10.1. The highest BCUT2D eigenvalue weighted by Gasteiger charge is 2.32. The quantitative estimate of drug-likeness (QED) is 0.0650. The molecule has 0 saturated carbocycles. The third-order valence-corrected chi connectivity index (χ3v) is 9.89. The summed E-state index contributed by atoms with van der Waals surface area (Å²) in [5, 5.41) is 15.7. The van der Waals surface area contributed by atoms with Gasteiger partial charge in [0.25, 0.3) is 11.8 Å². The molecule has 22 heteroatoms. The van der Waals surface area contributed by atoms with Gasteiger partial charge in [0, 0.05) is 10.8 Å². The van der Waals surface area contributed by atoms with Crippen molar-refractivity contribution >= 4 is 125 Å². The van der Waals surface area contributed by atoms with Gasteiger partial charge < -0.3 is 32.7 Å². The largest absolute Gasteiger partial charge is 0.416 e. The first-order chi connectivity index (χ1) is 26.3. The molecular formula is C35H26Cl4F6N8O2S2. The van der Waals surface area contributed by atoms with Crippen LogP contribution in [0.15, 0.2) is 83.6 Å². The van der Waals surface area contributed by atoms with E-state index in [-0.39, 0.29) is 41.6 Å². The van der Waals surface area contributed by atoms with Crippen molar-refractivity contribution in [3.63, 3.8) is 0 Å². The topological polar surface area (TPSA) is 160 Å². The highest BCUT2D eigenvalue weighted by Crippen LogP contribution is 2.37. The van der Waals surface area contributed by atoms with Crippen molar-refractivity contribution in [1.29, 1.82) is 0 Å². The summed E-state index contributed by atoms with van der Waals surface area (Å²) in [6.45, 7) is 0. The molecule has 6 rings (SSSR count). The number of halogens is 10. The molecule has 10 nitrogen and oxygen atoms in total. The zero-order valence-electron chi connectivity index (χ0n) is 27.5. The van der Waals surface area contributed by atoms with Crippen LogP contribution in [0.3, 0.4) is 0 Å². The zero-order valence-corrected chi connectivity index (χ0v) is 32.2. The molecule has 2 amide bonds. The molecule has 0 aliphatic carbocycles. The molecule has 57 heavy (non-hydrogen) atoms. The number of amides is 2. The molecule has 0 aliphatic heterocycles. The summed E-state index contributed by atoms with van der Waals surface area (Å²) in [6, 6.07) is 15.3. The van der Waals surface area contributed by atoms with Gasteiger partial charge in [-0.3, -0.25) is 9.59 Å². The number of nitrogens with zero attached hydrogens (tertiary/aromatic N) is 2. The van der Waals surface area contributed by atoms with Crippen molar-refractivity contribution < 1.29 is 35.9 Å². The Kier molecular flexibility index (Phi) is 14.5. The molecule has 2 heterocycles. The van der Waals surface area contributed by atoms with E-state index in [1.54, 1.807) is 36.4 Å². The van der Waals surface area contributed by atoms with Crippen molar-refractivity contribution in [1.82, 2.24) is 9.97 Å². The molecule has 0 aliphatic rings. The predicted octanol–water partition coefficient (Wildman–Crippen LogP) is 12.7. The number of benzene rings is 4. The Morgan fingerprint density at radius 1 is 0.579 bits per heavy atom. The molecule has 0 spiro atoms. The number of aromatic nitrogens is 2. The second-order valence-electron chi connectivity index (χ2n) is 11.0. The molecule has 2 aromatic heterocycles. The van der Waals surface area contributed by atoms with Crippen molar-refractivity contribution in [3.8, 4) is 0 Å². The maximum atomic E-state index is 12.8. The number of rotatable bonds is 8. The zero-order chi connectivity index (χ0) is 40.9. The van der Waals surface area contributed by atoms with Crippen LogP contribution in [0.2, 0.25) is 20.1 Å². The summed E-state index contributed by atoms with van der Waals surface area (Å²) >= 11 is 26.5. The van der Waals surface area contributed by atoms with Gasteiger partial charge in [-0.1, -0.05) is 66.0 Å². The van der Waals surface area contributed by atoms with Crippen LogP contribution in [-0.4, -0.2) is 21.8 Å². The smallest absolute Gasteiger partial charge is 0.397 e. The number of para-hydroxylation sites is 2. The van der Waals surface area contributed by atoms with E-state index in [1.807, 2.05) is 0 Å². The Labute approximate surface area is 348 Å². The highest BCUT2D eigenvalue weighted by molar-refractivity contribution is 7.14. The minimum Gasteiger partial charge on any atom is -0.397 e. The number of nitrogens with two attached hydrogens (primary N) is 2. The van der Waals surface area contributed by atoms with Gasteiger partial charge in [-0.2, -0.15) is 26.3 Å². The molecule has 0 saturated heterocycles. The van der Waals surface area contributed by atoms with E-state index in [0.29, 0.717) is 41.7 Å². The van der Waals surface area contributed by atoms with Crippen LogP contribution in [-0.2, 0) is 12.4 Å². The fourth-order valence-electron chi connectivity index (χ4n) is 4.39. The lowest BCUT2D eigenvalue weighted by Crippen LogP contribution is -2.15. The number of carbonyl (C=O) groups is 2. The van der Waals surface area contributed by atoms with Crippen LogP contribution >= 0.6 is 69.1 Å². The number of thiazole rings is 2. The van der Waals surface area contributed by atoms with Gasteiger partial charge in [0.05, 0.1) is 65.3 Å². The summed E-state index contributed by atoms with van der Waals surface area (Å²) < 4.78 is 76.6. The minimum atomic E-state index is -4.56. The van der Waals surface area contributed by atoms with Gasteiger partial charge >= 0.3 is 12.4 Å². The molecule has 300 valence electrons. The van der Waals surface area contributed by atoms with Crippen LogP contribution in [0, 0.1) is 0 Å². The van der Waals surface area contributed by atoms with Gasteiger partial charge in [0.1, 0.15) is 11.4 Å². The maximum absolute atomic E-state index is 12.8. The van der Waals surface area contributed by atoms with Crippen LogP contribution in [0.1, 0.15) is 39.5 Å². The lowest BCUT2D eigenvalue weighted by Gasteiger charge is -2.11. The van der Waals surface area contributed by atoms with Crippen molar-refractivity contribution in [2.45, 2.75) is 19.8 Å². The average Bonchev–Trinajstić information content (AvgIpc) is 3.80. The molecule has 6 aromatic rings. The van der Waals surface area contributed by atoms with Crippen molar-refractivity contribution in [2.24, 2.45) is 0 Å². The number of nitrogen functional groups attached to an aromatic ring is 2. The maximum Gasteiger partial charge on any atom is 0.416 e. The standard InChI is InChI=1S/2C17H11Cl2F3N4OS.CH4/c18-9-2-1-3-10(19)14(9)26-16-25-13(7-28-16)15(27)24-12-5-4-8(6-11(12)23)17(20,21)22;18-9-2-1-3-10(19)14(9)26-16-25-13(7-28-16)15(27)24-12-6-8(17(20,21)22)4-5-11(12)23;/h2*1-7H,23H2,(H,24,27)(H,25,26);1H4. The van der Waals surface area contributed by atoms with Crippen molar-refractivity contribution in [2.75, 3.05) is 32.7 Å².